The summed E-state index contributed by atoms with van der Waals surface area (Å²) < 4.78 is 0. The molecule has 2 aliphatic rings. The van der Waals surface area contributed by atoms with Crippen molar-refractivity contribution in [1.29, 1.82) is 0 Å². The monoisotopic (exact) mass is 401 g/mol. The standard InChI is InChI=1S/C23H35N3O3/c1-24(19-21-7-3-2-4-8-21)22(27)10-9-20-11-15-25(16-12-20)23(28)13-17-26-14-5-6-18-29-26/h2-4,7-8,20H,5-6,9-19H2,1H3. The van der Waals surface area contributed by atoms with Crippen molar-refractivity contribution in [2.75, 3.05) is 39.8 Å². The molecule has 0 unspecified atom stereocenters. The first-order valence-corrected chi connectivity index (χ1v) is 11.1. The molecule has 2 fully saturated rings. The summed E-state index contributed by atoms with van der Waals surface area (Å²) >= 11 is 0. The summed E-state index contributed by atoms with van der Waals surface area (Å²) in [5.41, 5.74) is 1.16. The molecule has 6 heteroatoms. The van der Waals surface area contributed by atoms with Crippen molar-refractivity contribution in [1.82, 2.24) is 14.9 Å². The zero-order valence-electron chi connectivity index (χ0n) is 17.7. The molecule has 0 saturated carbocycles. The predicted molar refractivity (Wildman–Crippen MR) is 113 cm³/mol. The Morgan fingerprint density at radius 1 is 1.07 bits per heavy atom. The molecule has 0 spiro atoms. The van der Waals surface area contributed by atoms with Crippen LogP contribution in [0.4, 0.5) is 0 Å². The van der Waals surface area contributed by atoms with E-state index < -0.39 is 0 Å². The molecule has 2 aliphatic heterocycles. The van der Waals surface area contributed by atoms with E-state index in [1.54, 1.807) is 0 Å². The minimum atomic E-state index is 0.203. The van der Waals surface area contributed by atoms with Crippen molar-refractivity contribution in [3.63, 3.8) is 0 Å². The Hall–Kier alpha value is -1.92. The molecule has 0 bridgehead atoms. The van der Waals surface area contributed by atoms with Gasteiger partial charge >= 0.3 is 0 Å². The SMILES string of the molecule is CN(Cc1ccccc1)C(=O)CCC1CCN(C(=O)CCN2CCCCO2)CC1. The average molecular weight is 402 g/mol. The highest BCUT2D eigenvalue weighted by atomic mass is 16.7. The van der Waals surface area contributed by atoms with Gasteiger partial charge in [-0.05, 0) is 43.6 Å². The second kappa shape index (κ2) is 11.3. The van der Waals surface area contributed by atoms with Gasteiger partial charge in [0.2, 0.25) is 11.8 Å². The van der Waals surface area contributed by atoms with E-state index in [-0.39, 0.29) is 11.8 Å². The number of likely N-dealkylation sites (tertiary alicyclic amines) is 1. The van der Waals surface area contributed by atoms with Crippen LogP contribution in [0.15, 0.2) is 30.3 Å². The number of nitrogens with zero attached hydrogens (tertiary/aromatic N) is 3. The normalized spacial score (nSPS) is 18.6. The minimum Gasteiger partial charge on any atom is -0.343 e. The Labute approximate surface area is 174 Å². The van der Waals surface area contributed by atoms with Crippen molar-refractivity contribution >= 4 is 11.8 Å². The van der Waals surface area contributed by atoms with Gasteiger partial charge in [-0.25, -0.2) is 0 Å². The van der Waals surface area contributed by atoms with Gasteiger partial charge in [-0.3, -0.25) is 14.4 Å². The molecule has 2 saturated heterocycles. The predicted octanol–water partition coefficient (Wildman–Crippen LogP) is 3.08. The summed E-state index contributed by atoms with van der Waals surface area (Å²) in [6.45, 7) is 4.70. The van der Waals surface area contributed by atoms with Crippen LogP contribution >= 0.6 is 0 Å². The van der Waals surface area contributed by atoms with Crippen LogP contribution in [-0.2, 0) is 21.0 Å². The fourth-order valence-corrected chi connectivity index (χ4v) is 4.14. The first kappa shape index (κ1) is 21.8. The number of carbonyl (C=O) groups excluding carboxylic acids is 2. The quantitative estimate of drug-likeness (QED) is 0.672. The maximum absolute atomic E-state index is 12.5. The number of amides is 2. The molecule has 0 aliphatic carbocycles. The molecule has 0 aromatic heterocycles. The van der Waals surface area contributed by atoms with E-state index in [1.807, 2.05) is 52.2 Å². The van der Waals surface area contributed by atoms with E-state index in [9.17, 15) is 9.59 Å². The molecule has 2 heterocycles. The number of piperidine rings is 1. The first-order chi connectivity index (χ1) is 14.1. The summed E-state index contributed by atoms with van der Waals surface area (Å²) in [5.74, 6) is 0.976. The Morgan fingerprint density at radius 3 is 2.52 bits per heavy atom. The van der Waals surface area contributed by atoms with Crippen molar-refractivity contribution in [3.8, 4) is 0 Å². The second-order valence-electron chi connectivity index (χ2n) is 8.32. The molecular weight excluding hydrogens is 366 g/mol. The highest BCUT2D eigenvalue weighted by Crippen LogP contribution is 2.23. The maximum atomic E-state index is 12.5. The van der Waals surface area contributed by atoms with Gasteiger partial charge in [0.1, 0.15) is 0 Å². The van der Waals surface area contributed by atoms with E-state index in [0.29, 0.717) is 31.8 Å². The Kier molecular flexibility index (Phi) is 8.50. The lowest BCUT2D eigenvalue weighted by molar-refractivity contribution is -0.182. The molecule has 0 atom stereocenters. The van der Waals surface area contributed by atoms with Gasteiger partial charge in [0, 0.05) is 52.6 Å². The lowest BCUT2D eigenvalue weighted by Gasteiger charge is -2.33. The number of hydroxylamine groups is 2. The van der Waals surface area contributed by atoms with Gasteiger partial charge in [0.25, 0.3) is 0 Å². The van der Waals surface area contributed by atoms with Gasteiger partial charge in [0.15, 0.2) is 0 Å². The topological polar surface area (TPSA) is 53.1 Å². The van der Waals surface area contributed by atoms with E-state index in [2.05, 4.69) is 0 Å². The number of hydrogen-bond donors (Lipinski definition) is 0. The molecule has 160 valence electrons. The van der Waals surface area contributed by atoms with E-state index in [0.717, 1.165) is 63.9 Å². The lowest BCUT2D eigenvalue weighted by Crippen LogP contribution is -2.41. The lowest BCUT2D eigenvalue weighted by atomic mass is 9.92. The zero-order valence-corrected chi connectivity index (χ0v) is 17.7. The largest absolute Gasteiger partial charge is 0.343 e. The highest BCUT2D eigenvalue weighted by Gasteiger charge is 2.24. The van der Waals surface area contributed by atoms with Crippen molar-refractivity contribution < 1.29 is 14.4 Å². The van der Waals surface area contributed by atoms with E-state index in [1.165, 1.54) is 0 Å². The van der Waals surface area contributed by atoms with Gasteiger partial charge < -0.3 is 9.80 Å². The fourth-order valence-electron chi connectivity index (χ4n) is 4.14. The van der Waals surface area contributed by atoms with Gasteiger partial charge in [0.05, 0.1) is 6.61 Å². The molecule has 0 N–H and O–H groups in total. The molecule has 0 radical (unpaired) electrons. The molecule has 6 nitrogen and oxygen atoms in total. The molecule has 29 heavy (non-hydrogen) atoms. The third kappa shape index (κ3) is 7.12. The summed E-state index contributed by atoms with van der Waals surface area (Å²) in [7, 11) is 1.88. The van der Waals surface area contributed by atoms with Crippen LogP contribution in [-0.4, -0.2) is 66.5 Å². The first-order valence-electron chi connectivity index (χ1n) is 11.1. The Morgan fingerprint density at radius 2 is 1.83 bits per heavy atom. The third-order valence-electron chi connectivity index (χ3n) is 6.07. The zero-order chi connectivity index (χ0) is 20.5. The van der Waals surface area contributed by atoms with Crippen molar-refractivity contribution in [2.24, 2.45) is 5.92 Å². The second-order valence-corrected chi connectivity index (χ2v) is 8.32. The highest BCUT2D eigenvalue weighted by molar-refractivity contribution is 5.76. The molecule has 3 rings (SSSR count). The van der Waals surface area contributed by atoms with Crippen LogP contribution in [0.1, 0.15) is 50.5 Å². The van der Waals surface area contributed by atoms with Crippen LogP contribution < -0.4 is 0 Å². The maximum Gasteiger partial charge on any atom is 0.223 e. The summed E-state index contributed by atoms with van der Waals surface area (Å²) in [6, 6.07) is 10.1. The van der Waals surface area contributed by atoms with Crippen LogP contribution in [0.5, 0.6) is 0 Å². The Balaban J connectivity index is 1.31. The van der Waals surface area contributed by atoms with Crippen LogP contribution in [0.2, 0.25) is 0 Å². The molecular formula is C23H35N3O3. The van der Waals surface area contributed by atoms with Gasteiger partial charge in [-0.1, -0.05) is 30.3 Å². The summed E-state index contributed by atoms with van der Waals surface area (Å²) in [4.78, 5) is 34.3. The molecule has 1 aromatic carbocycles. The third-order valence-corrected chi connectivity index (χ3v) is 6.07. The molecule has 1 aromatic rings. The van der Waals surface area contributed by atoms with E-state index >= 15 is 0 Å². The van der Waals surface area contributed by atoms with Crippen LogP contribution in [0, 0.1) is 5.92 Å². The smallest absolute Gasteiger partial charge is 0.223 e. The molecule has 2 amide bonds. The van der Waals surface area contributed by atoms with Gasteiger partial charge in [-0.15, -0.1) is 0 Å². The number of hydrogen-bond acceptors (Lipinski definition) is 4. The fraction of sp³-hybridized carbons (Fsp3) is 0.652. The van der Waals surface area contributed by atoms with Crippen molar-refractivity contribution in [3.05, 3.63) is 35.9 Å². The number of rotatable bonds is 8. The minimum absolute atomic E-state index is 0.203. The van der Waals surface area contributed by atoms with Crippen LogP contribution in [0.3, 0.4) is 0 Å². The van der Waals surface area contributed by atoms with Crippen molar-refractivity contribution in [2.45, 2.75) is 51.5 Å². The summed E-state index contributed by atoms with van der Waals surface area (Å²) in [5, 5.41) is 1.94. The van der Waals surface area contributed by atoms with E-state index in [4.69, 9.17) is 4.84 Å². The number of benzene rings is 1. The summed E-state index contributed by atoms with van der Waals surface area (Å²) in [6.07, 6.45) is 6.31. The average Bonchev–Trinajstić information content (AvgIpc) is 2.77. The van der Waals surface area contributed by atoms with Gasteiger partial charge in [-0.2, -0.15) is 5.06 Å². The van der Waals surface area contributed by atoms with Crippen LogP contribution in [0.25, 0.3) is 0 Å². The Bertz CT molecular complexity index is 638. The number of carbonyl (C=O) groups is 2.